The highest BCUT2D eigenvalue weighted by molar-refractivity contribution is 5.90. The molecular formula is C31H30N6O5. The summed E-state index contributed by atoms with van der Waals surface area (Å²) in [6.07, 6.45) is 5.62. The lowest BCUT2D eigenvalue weighted by Crippen LogP contribution is -2.20. The summed E-state index contributed by atoms with van der Waals surface area (Å²) in [7, 11) is 1.61. The molecule has 0 radical (unpaired) electrons. The second-order valence-corrected chi connectivity index (χ2v) is 10.3. The molecular weight excluding hydrogens is 536 g/mol. The van der Waals surface area contributed by atoms with E-state index in [0.29, 0.717) is 29.4 Å². The summed E-state index contributed by atoms with van der Waals surface area (Å²) in [6, 6.07) is 20.3. The first kappa shape index (κ1) is 27.0. The molecule has 2 aromatic heterocycles. The number of hydrogen-bond acceptors (Lipinski definition) is 7. The molecule has 1 fully saturated rings. The molecule has 214 valence electrons. The van der Waals surface area contributed by atoms with Gasteiger partial charge in [0.25, 0.3) is 0 Å². The minimum Gasteiger partial charge on any atom is -0.496 e. The number of methoxy groups -OCH3 is 1. The number of fused-ring (bicyclic) bond motifs is 1. The topological polar surface area (TPSA) is 133 Å². The van der Waals surface area contributed by atoms with Crippen LogP contribution in [0.3, 0.4) is 0 Å². The third kappa shape index (κ3) is 5.80. The molecule has 11 heteroatoms. The molecule has 11 nitrogen and oxygen atoms in total. The number of anilines is 1. The molecule has 42 heavy (non-hydrogen) atoms. The predicted octanol–water partition coefficient (Wildman–Crippen LogP) is 5.59. The minimum absolute atomic E-state index is 0.00132. The van der Waals surface area contributed by atoms with Crippen molar-refractivity contribution in [1.29, 1.82) is 0 Å². The van der Waals surface area contributed by atoms with E-state index in [1.54, 1.807) is 31.4 Å². The number of aromatic carboxylic acids is 1. The van der Waals surface area contributed by atoms with Gasteiger partial charge in [-0.25, -0.2) is 9.59 Å². The quantitative estimate of drug-likeness (QED) is 0.236. The number of carboxylic acid groups (broad SMARTS) is 1. The van der Waals surface area contributed by atoms with Crippen LogP contribution in [-0.4, -0.2) is 55.2 Å². The van der Waals surface area contributed by atoms with Crippen molar-refractivity contribution in [2.24, 2.45) is 0 Å². The van der Waals surface area contributed by atoms with Crippen molar-refractivity contribution in [3.63, 3.8) is 0 Å². The standard InChI is InChI=1S/C31H30N6O5/c1-41-28-16-21(29-33-35-37(34-29)19-22-6-2-5-9-26(22)30(38)39)10-11-23(28)18-36-15-14-20-12-13-24(17-27(20)36)32-31(40)42-25-7-3-4-8-25/h2,5-6,9-17,25H,3-4,7-8,18-19H2,1H3,(H,32,40)(H,38,39). The maximum absolute atomic E-state index is 12.4. The van der Waals surface area contributed by atoms with Gasteiger partial charge in [0, 0.05) is 23.0 Å². The van der Waals surface area contributed by atoms with Crippen molar-refractivity contribution in [1.82, 2.24) is 24.8 Å². The number of benzene rings is 3. The average Bonchev–Trinajstić information content (AvgIpc) is 3.76. The first-order chi connectivity index (χ1) is 20.5. The van der Waals surface area contributed by atoms with E-state index < -0.39 is 12.1 Å². The zero-order valence-electron chi connectivity index (χ0n) is 23.1. The average molecular weight is 567 g/mol. The molecule has 0 spiro atoms. The van der Waals surface area contributed by atoms with Gasteiger partial charge in [-0.1, -0.05) is 36.4 Å². The van der Waals surface area contributed by atoms with Crippen molar-refractivity contribution in [3.05, 3.63) is 89.6 Å². The molecule has 0 atom stereocenters. The van der Waals surface area contributed by atoms with Crippen LogP contribution < -0.4 is 10.1 Å². The Hall–Kier alpha value is -5.19. The van der Waals surface area contributed by atoms with Gasteiger partial charge in [-0.3, -0.25) is 5.32 Å². The van der Waals surface area contributed by atoms with Gasteiger partial charge in [-0.05, 0) is 72.2 Å². The minimum atomic E-state index is -1.00. The van der Waals surface area contributed by atoms with Gasteiger partial charge in [0.1, 0.15) is 11.9 Å². The van der Waals surface area contributed by atoms with Crippen molar-refractivity contribution in [2.45, 2.75) is 44.9 Å². The molecule has 2 heterocycles. The molecule has 6 rings (SSSR count). The fourth-order valence-electron chi connectivity index (χ4n) is 5.35. The highest BCUT2D eigenvalue weighted by Crippen LogP contribution is 2.29. The number of rotatable bonds is 9. The number of nitrogens with one attached hydrogen (secondary N) is 1. The van der Waals surface area contributed by atoms with E-state index in [1.165, 1.54) is 4.80 Å². The molecule has 1 amide bonds. The Balaban J connectivity index is 1.18. The zero-order valence-corrected chi connectivity index (χ0v) is 23.1. The van der Waals surface area contributed by atoms with Gasteiger partial charge < -0.3 is 19.1 Å². The fourth-order valence-corrected chi connectivity index (χ4v) is 5.35. The Kier molecular flexibility index (Phi) is 7.54. The van der Waals surface area contributed by atoms with Crippen LogP contribution in [0.2, 0.25) is 0 Å². The van der Waals surface area contributed by atoms with Crippen LogP contribution in [0.25, 0.3) is 22.3 Å². The van der Waals surface area contributed by atoms with Crippen molar-refractivity contribution >= 4 is 28.7 Å². The van der Waals surface area contributed by atoms with Crippen molar-refractivity contribution < 1.29 is 24.2 Å². The van der Waals surface area contributed by atoms with Crippen LogP contribution in [0, 0.1) is 0 Å². The molecule has 0 saturated heterocycles. The molecule has 5 aromatic rings. The second kappa shape index (κ2) is 11.7. The van der Waals surface area contributed by atoms with Crippen LogP contribution in [0.15, 0.2) is 72.9 Å². The normalized spacial score (nSPS) is 13.4. The summed E-state index contributed by atoms with van der Waals surface area (Å²) in [5.41, 5.74) is 4.09. The number of carbonyl (C=O) groups excluding carboxylic acids is 1. The smallest absolute Gasteiger partial charge is 0.411 e. The molecule has 2 N–H and O–H groups in total. The van der Waals surface area contributed by atoms with Crippen molar-refractivity contribution in [2.75, 3.05) is 12.4 Å². The maximum atomic E-state index is 12.4. The number of hydrogen-bond donors (Lipinski definition) is 2. The van der Waals surface area contributed by atoms with Gasteiger partial charge >= 0.3 is 12.1 Å². The van der Waals surface area contributed by atoms with E-state index in [-0.39, 0.29) is 18.2 Å². The Morgan fingerprint density at radius 1 is 1.00 bits per heavy atom. The lowest BCUT2D eigenvalue weighted by molar-refractivity contribution is 0.0695. The number of amides is 1. The largest absolute Gasteiger partial charge is 0.496 e. The van der Waals surface area contributed by atoms with E-state index in [2.05, 4.69) is 25.3 Å². The van der Waals surface area contributed by atoms with E-state index >= 15 is 0 Å². The summed E-state index contributed by atoms with van der Waals surface area (Å²) in [6.45, 7) is 0.718. The highest BCUT2D eigenvalue weighted by Gasteiger charge is 2.19. The Bertz CT molecular complexity index is 1750. The number of nitrogens with zero attached hydrogens (tertiary/aromatic N) is 5. The van der Waals surface area contributed by atoms with Gasteiger partial charge in [0.15, 0.2) is 0 Å². The van der Waals surface area contributed by atoms with Crippen LogP contribution in [0.5, 0.6) is 5.75 Å². The van der Waals surface area contributed by atoms with Crippen molar-refractivity contribution in [3.8, 4) is 17.1 Å². The fraction of sp³-hybridized carbons (Fsp3) is 0.258. The molecule has 1 aliphatic carbocycles. The zero-order chi connectivity index (χ0) is 29.1. The van der Waals surface area contributed by atoms with Gasteiger partial charge in [0.2, 0.25) is 5.82 Å². The molecule has 0 unspecified atom stereocenters. The maximum Gasteiger partial charge on any atom is 0.411 e. The third-order valence-corrected chi connectivity index (χ3v) is 7.49. The van der Waals surface area contributed by atoms with E-state index in [9.17, 15) is 14.7 Å². The lowest BCUT2D eigenvalue weighted by atomic mass is 10.1. The Labute approximate surface area is 241 Å². The summed E-state index contributed by atoms with van der Waals surface area (Å²) in [5, 5.41) is 26.1. The number of aromatic nitrogens is 5. The predicted molar refractivity (Wildman–Crippen MR) is 156 cm³/mol. The van der Waals surface area contributed by atoms with E-state index in [1.807, 2.05) is 48.7 Å². The molecule has 1 aliphatic rings. The summed E-state index contributed by atoms with van der Waals surface area (Å²) < 4.78 is 13.4. The first-order valence-corrected chi connectivity index (χ1v) is 13.8. The number of carboxylic acids is 1. The lowest BCUT2D eigenvalue weighted by Gasteiger charge is -2.13. The number of tetrazole rings is 1. The summed E-state index contributed by atoms with van der Waals surface area (Å²) in [5.74, 6) is 0.0617. The second-order valence-electron chi connectivity index (χ2n) is 10.3. The van der Waals surface area contributed by atoms with Gasteiger partial charge in [-0.2, -0.15) is 4.80 Å². The molecule has 0 aliphatic heterocycles. The van der Waals surface area contributed by atoms with E-state index in [0.717, 1.165) is 47.7 Å². The van der Waals surface area contributed by atoms with Crippen LogP contribution in [-0.2, 0) is 17.8 Å². The van der Waals surface area contributed by atoms with Crippen LogP contribution in [0.1, 0.15) is 47.2 Å². The third-order valence-electron chi connectivity index (χ3n) is 7.49. The molecule has 1 saturated carbocycles. The number of carbonyl (C=O) groups is 2. The molecule has 0 bridgehead atoms. The summed E-state index contributed by atoms with van der Waals surface area (Å²) in [4.78, 5) is 25.3. The highest BCUT2D eigenvalue weighted by atomic mass is 16.6. The Morgan fingerprint density at radius 2 is 1.83 bits per heavy atom. The first-order valence-electron chi connectivity index (χ1n) is 13.8. The Morgan fingerprint density at radius 3 is 2.64 bits per heavy atom. The SMILES string of the molecule is COc1cc(-c2nnn(Cc3ccccc3C(=O)O)n2)ccc1Cn1ccc2ccc(NC(=O)OC3CCCC3)cc21. The van der Waals surface area contributed by atoms with Crippen LogP contribution in [0.4, 0.5) is 10.5 Å². The monoisotopic (exact) mass is 566 g/mol. The van der Waals surface area contributed by atoms with Crippen LogP contribution >= 0.6 is 0 Å². The van der Waals surface area contributed by atoms with Gasteiger partial charge in [-0.15, -0.1) is 10.2 Å². The van der Waals surface area contributed by atoms with E-state index in [4.69, 9.17) is 9.47 Å². The summed E-state index contributed by atoms with van der Waals surface area (Å²) >= 11 is 0. The molecule has 3 aromatic carbocycles. The van der Waals surface area contributed by atoms with Gasteiger partial charge in [0.05, 0.1) is 31.3 Å². The number of ether oxygens (including phenoxy) is 2.